The average Bonchev–Trinajstić information content (AvgIpc) is 3.34. The second-order valence-electron chi connectivity index (χ2n) is 16.6. The minimum atomic E-state index is -1.74. The van der Waals surface area contributed by atoms with Crippen LogP contribution >= 0.6 is 0 Å². The molecular weight excluding hydrogens is 960 g/mol. The molecule has 0 radical (unpaired) electrons. The molecule has 33 heteroatoms. The van der Waals surface area contributed by atoms with Crippen molar-refractivity contribution in [2.24, 2.45) is 0 Å². The molecule has 6 rings (SSSR count). The lowest BCUT2D eigenvalue weighted by atomic mass is 9.97. The Bertz CT molecular complexity index is 1300. The van der Waals surface area contributed by atoms with Gasteiger partial charge in [-0.15, -0.1) is 0 Å². The minimum absolute atomic E-state index is 0.667. The maximum absolute atomic E-state index is 9.94. The van der Waals surface area contributed by atoms with Crippen molar-refractivity contribution in [1.29, 1.82) is 0 Å². The molecule has 69 heavy (non-hydrogen) atoms. The molecule has 0 aliphatic carbocycles. The molecule has 0 aromatic carbocycles. The van der Waals surface area contributed by atoms with E-state index in [-0.39, 0.29) is 0 Å². The van der Waals surface area contributed by atoms with Gasteiger partial charge < -0.3 is 165 Å². The highest BCUT2D eigenvalue weighted by Crippen LogP contribution is 2.32. The summed E-state index contributed by atoms with van der Waals surface area (Å²) in [5.41, 5.74) is 0. The number of aliphatic hydroxyl groups excluding tert-OH is 24. The van der Waals surface area contributed by atoms with Crippen LogP contribution in [0.3, 0.4) is 0 Å². The molecule has 30 atom stereocenters. The number of hydrogen-bond acceptors (Lipinski definition) is 33. The molecule has 6 fully saturated rings. The van der Waals surface area contributed by atoms with E-state index in [2.05, 4.69) is 0 Å². The topological polar surface area (TPSA) is 569 Å². The lowest BCUT2D eigenvalue weighted by Gasteiger charge is -2.45. The first-order valence-electron chi connectivity index (χ1n) is 21.2. The van der Waals surface area contributed by atoms with Crippen molar-refractivity contribution in [2.75, 3.05) is 39.6 Å². The van der Waals surface area contributed by atoms with E-state index in [9.17, 15) is 107 Å². The zero-order chi connectivity index (χ0) is 51.9. The fourth-order valence-corrected chi connectivity index (χ4v) is 7.71. The standard InChI is InChI=1S/3C12H22O11/c3*13-1-3-5(15)6(16)9(19)12(22-3)23-10-4(2-14)21-11(20)8(18)7(10)17/h3*3-20H,1-2H2/t3-,4-,5+,6+,7-,8-,9-,10-,11-,12+;3-,4-,5-,6+,7-,8-,9-,10-,11-,12+;3-,4-,5-,6+,7-,8-,9-,10-,11-,12-/m111/s1. The van der Waals surface area contributed by atoms with Crippen molar-refractivity contribution in [3.8, 4) is 0 Å². The summed E-state index contributed by atoms with van der Waals surface area (Å²) in [6.45, 7) is -4.04. The molecule has 0 amide bonds. The summed E-state index contributed by atoms with van der Waals surface area (Å²) in [5, 5.41) is 229. The van der Waals surface area contributed by atoms with E-state index < -0.39 is 224 Å². The molecule has 6 heterocycles. The van der Waals surface area contributed by atoms with Gasteiger partial charge in [0.25, 0.3) is 0 Å². The summed E-state index contributed by atoms with van der Waals surface area (Å²) in [7, 11) is 0. The second-order valence-corrected chi connectivity index (χ2v) is 16.6. The van der Waals surface area contributed by atoms with Crippen LogP contribution in [0.5, 0.6) is 0 Å². The van der Waals surface area contributed by atoms with Crippen LogP contribution in [0.2, 0.25) is 0 Å². The highest BCUT2D eigenvalue weighted by atomic mass is 16.8. The molecule has 408 valence electrons. The molecule has 6 aliphatic heterocycles. The van der Waals surface area contributed by atoms with Gasteiger partial charge >= 0.3 is 0 Å². The molecule has 24 N–H and O–H groups in total. The zero-order valence-electron chi connectivity index (χ0n) is 36.0. The molecule has 0 aromatic heterocycles. The van der Waals surface area contributed by atoms with Gasteiger partial charge in [-0.3, -0.25) is 0 Å². The van der Waals surface area contributed by atoms with Gasteiger partial charge in [-0.05, 0) is 0 Å². The molecular formula is C36H66O33. The van der Waals surface area contributed by atoms with Crippen LogP contribution in [0.25, 0.3) is 0 Å². The molecule has 0 bridgehead atoms. The van der Waals surface area contributed by atoms with Gasteiger partial charge in [0.2, 0.25) is 0 Å². The van der Waals surface area contributed by atoms with E-state index >= 15 is 0 Å². The van der Waals surface area contributed by atoms with Crippen LogP contribution in [0, 0.1) is 0 Å². The maximum atomic E-state index is 9.94. The Balaban J connectivity index is 0.000000225. The maximum Gasteiger partial charge on any atom is 0.187 e. The van der Waals surface area contributed by atoms with Crippen LogP contribution in [0.1, 0.15) is 0 Å². The predicted molar refractivity (Wildman–Crippen MR) is 206 cm³/mol. The summed E-state index contributed by atoms with van der Waals surface area (Å²) in [6, 6.07) is 0. The van der Waals surface area contributed by atoms with Crippen molar-refractivity contribution in [2.45, 2.75) is 184 Å². The molecule has 0 saturated carbocycles. The molecule has 0 aromatic rings. The van der Waals surface area contributed by atoms with Crippen LogP contribution in [-0.2, 0) is 42.6 Å². The monoisotopic (exact) mass is 1030 g/mol. The third-order valence-electron chi connectivity index (χ3n) is 11.9. The van der Waals surface area contributed by atoms with Crippen molar-refractivity contribution >= 4 is 0 Å². The van der Waals surface area contributed by atoms with E-state index in [1.165, 1.54) is 0 Å². The van der Waals surface area contributed by atoms with Gasteiger partial charge in [0.05, 0.1) is 39.6 Å². The van der Waals surface area contributed by atoms with Crippen molar-refractivity contribution in [3.05, 3.63) is 0 Å². The van der Waals surface area contributed by atoms with E-state index in [0.717, 1.165) is 0 Å². The van der Waals surface area contributed by atoms with Crippen LogP contribution in [-0.4, -0.2) is 346 Å². The Labute approximate surface area is 389 Å². The Morgan fingerprint density at radius 3 is 0.609 bits per heavy atom. The summed E-state index contributed by atoms with van der Waals surface area (Å²) in [5.74, 6) is 0. The summed E-state index contributed by atoms with van der Waals surface area (Å²) in [4.78, 5) is 0. The first-order chi connectivity index (χ1) is 32.4. The van der Waals surface area contributed by atoms with Crippen molar-refractivity contribution < 1.29 is 165 Å². The Morgan fingerprint density at radius 1 is 0.217 bits per heavy atom. The van der Waals surface area contributed by atoms with Gasteiger partial charge in [-0.25, -0.2) is 0 Å². The van der Waals surface area contributed by atoms with Gasteiger partial charge in [-0.1, -0.05) is 0 Å². The Kier molecular flexibility index (Phi) is 23.4. The molecule has 6 aliphatic rings. The van der Waals surface area contributed by atoms with Gasteiger partial charge in [0.1, 0.15) is 146 Å². The Morgan fingerprint density at radius 2 is 0.420 bits per heavy atom. The number of rotatable bonds is 12. The minimum Gasteiger partial charge on any atom is -0.394 e. The number of hydrogen-bond donors (Lipinski definition) is 24. The number of ether oxygens (including phenoxy) is 9. The normalized spacial score (nSPS) is 51.7. The Hall–Kier alpha value is -1.32. The third-order valence-corrected chi connectivity index (χ3v) is 11.9. The van der Waals surface area contributed by atoms with Crippen LogP contribution in [0.15, 0.2) is 0 Å². The number of aliphatic hydroxyl groups is 24. The highest BCUT2D eigenvalue weighted by Gasteiger charge is 2.53. The second kappa shape index (κ2) is 26.8. The smallest absolute Gasteiger partial charge is 0.187 e. The molecule has 0 spiro atoms. The SMILES string of the molecule is OC[C@H]1O[C@@H](O[C@H]2[C@H](O)[C@@H](O)[C@H](O)O[C@@H]2CO)[C@H](O)[C@@H](O)[C@@H]1O.OC[C@H]1O[C@@H](O[C@H]2[C@H](O)[C@@H](O)[C@H](O)O[C@@H]2CO)[C@H](O)[C@@H](O)[C@H]1O.OC[C@H]1O[C@H](O[C@H]2[C@H](O)[C@@H](O)[C@H](O)O[C@@H]2CO)[C@H](O)[C@@H](O)[C@@H]1O. The average molecular weight is 1030 g/mol. The van der Waals surface area contributed by atoms with E-state index in [1.54, 1.807) is 0 Å². The van der Waals surface area contributed by atoms with Crippen LogP contribution < -0.4 is 0 Å². The molecule has 0 unspecified atom stereocenters. The van der Waals surface area contributed by atoms with E-state index in [4.69, 9.17) is 58.0 Å². The third kappa shape index (κ3) is 13.7. The quantitative estimate of drug-likeness (QED) is 0.0863. The van der Waals surface area contributed by atoms with E-state index in [1.807, 2.05) is 0 Å². The van der Waals surface area contributed by atoms with Gasteiger partial charge in [0, 0.05) is 0 Å². The first kappa shape index (κ1) is 60.2. The molecule has 6 saturated heterocycles. The van der Waals surface area contributed by atoms with Gasteiger partial charge in [0.15, 0.2) is 37.7 Å². The summed E-state index contributed by atoms with van der Waals surface area (Å²) < 4.78 is 45.8. The van der Waals surface area contributed by atoms with Crippen LogP contribution in [0.4, 0.5) is 0 Å². The van der Waals surface area contributed by atoms with Crippen molar-refractivity contribution in [3.63, 3.8) is 0 Å². The zero-order valence-corrected chi connectivity index (χ0v) is 36.0. The first-order valence-corrected chi connectivity index (χ1v) is 21.2. The summed E-state index contributed by atoms with van der Waals surface area (Å²) >= 11 is 0. The largest absolute Gasteiger partial charge is 0.394 e. The lowest BCUT2D eigenvalue weighted by Crippen LogP contribution is -2.64. The van der Waals surface area contributed by atoms with Crippen molar-refractivity contribution in [1.82, 2.24) is 0 Å². The van der Waals surface area contributed by atoms with Gasteiger partial charge in [-0.2, -0.15) is 0 Å². The summed E-state index contributed by atoms with van der Waals surface area (Å²) in [6.07, 6.45) is -46.7. The molecule has 33 nitrogen and oxygen atoms in total. The van der Waals surface area contributed by atoms with E-state index in [0.29, 0.717) is 0 Å². The lowest BCUT2D eigenvalue weighted by molar-refractivity contribution is -0.355. The fourth-order valence-electron chi connectivity index (χ4n) is 7.71. The highest BCUT2D eigenvalue weighted by molar-refractivity contribution is 4.97. The fraction of sp³-hybridized carbons (Fsp3) is 1.00. The predicted octanol–water partition coefficient (Wildman–Crippen LogP) is -16.2.